The van der Waals surface area contributed by atoms with Gasteiger partial charge in [0.15, 0.2) is 5.82 Å². The molecule has 0 atom stereocenters. The molecule has 7 heteroatoms. The molecule has 20 heavy (non-hydrogen) atoms. The van der Waals surface area contributed by atoms with Crippen molar-refractivity contribution < 1.29 is 9.84 Å². The Morgan fingerprint density at radius 1 is 1.30 bits per heavy atom. The Kier molecular flexibility index (Phi) is 5.51. The second-order valence-corrected chi connectivity index (χ2v) is 4.91. The number of anilines is 2. The van der Waals surface area contributed by atoms with E-state index in [0.717, 1.165) is 45.0 Å². The average Bonchev–Trinajstić information content (AvgIpc) is 2.65. The first-order chi connectivity index (χ1) is 9.72. The molecule has 1 fully saturated rings. The largest absolute Gasteiger partial charge is 0.395 e. The van der Waals surface area contributed by atoms with Gasteiger partial charge in [-0.15, -0.1) is 0 Å². The molecule has 0 amide bonds. The number of nitrogen functional groups attached to an aromatic ring is 1. The Balaban J connectivity index is 2.07. The molecular formula is C13H23N5O2. The molecule has 3 N–H and O–H groups in total. The minimum absolute atomic E-state index is 0.207. The van der Waals surface area contributed by atoms with Crippen molar-refractivity contribution >= 4 is 11.6 Å². The molecule has 0 aromatic carbocycles. The predicted molar refractivity (Wildman–Crippen MR) is 77.5 cm³/mol. The van der Waals surface area contributed by atoms with Crippen LogP contribution in [0.15, 0.2) is 6.07 Å². The van der Waals surface area contributed by atoms with Crippen molar-refractivity contribution in [3.05, 3.63) is 11.9 Å². The normalized spacial score (nSPS) is 17.2. The lowest BCUT2D eigenvalue weighted by molar-refractivity contribution is 0.178. The lowest BCUT2D eigenvalue weighted by atomic mass is 10.3. The fraction of sp³-hybridized carbons (Fsp3) is 0.692. The number of β-amino-alcohol motifs (C(OH)–C–C–N with tert-alkyl or cyclic N) is 1. The van der Waals surface area contributed by atoms with E-state index < -0.39 is 0 Å². The van der Waals surface area contributed by atoms with Crippen LogP contribution in [0.25, 0.3) is 0 Å². The van der Waals surface area contributed by atoms with Gasteiger partial charge < -0.3 is 20.5 Å². The number of rotatable bonds is 5. The van der Waals surface area contributed by atoms with Crippen LogP contribution in [0.4, 0.5) is 11.6 Å². The van der Waals surface area contributed by atoms with E-state index in [1.165, 1.54) is 0 Å². The molecule has 1 saturated heterocycles. The highest BCUT2D eigenvalue weighted by atomic mass is 16.5. The van der Waals surface area contributed by atoms with E-state index in [0.29, 0.717) is 18.2 Å². The van der Waals surface area contributed by atoms with Crippen molar-refractivity contribution in [2.45, 2.75) is 13.0 Å². The van der Waals surface area contributed by atoms with E-state index in [4.69, 9.17) is 15.6 Å². The molecule has 0 aliphatic carbocycles. The van der Waals surface area contributed by atoms with E-state index in [-0.39, 0.29) is 6.61 Å². The number of ether oxygens (including phenoxy) is 1. The highest BCUT2D eigenvalue weighted by molar-refractivity contribution is 5.47. The first kappa shape index (κ1) is 15.0. The number of aliphatic hydroxyl groups excluding tert-OH is 1. The zero-order chi connectivity index (χ0) is 14.4. The maximum absolute atomic E-state index is 9.02. The number of methoxy groups -OCH3 is 1. The summed E-state index contributed by atoms with van der Waals surface area (Å²) in [5, 5.41) is 9.02. The summed E-state index contributed by atoms with van der Waals surface area (Å²) in [5.41, 5.74) is 5.83. The maximum atomic E-state index is 9.02. The molecule has 0 bridgehead atoms. The third kappa shape index (κ3) is 4.03. The Bertz CT molecular complexity index is 429. The van der Waals surface area contributed by atoms with Gasteiger partial charge >= 0.3 is 0 Å². The molecule has 0 radical (unpaired) electrons. The quantitative estimate of drug-likeness (QED) is 0.766. The molecule has 7 nitrogen and oxygen atoms in total. The molecular weight excluding hydrogens is 258 g/mol. The highest BCUT2D eigenvalue weighted by Gasteiger charge is 2.16. The lowest BCUT2D eigenvalue weighted by Crippen LogP contribution is -2.33. The topological polar surface area (TPSA) is 87.7 Å². The summed E-state index contributed by atoms with van der Waals surface area (Å²) in [7, 11) is 1.62. The minimum atomic E-state index is 0.207. The van der Waals surface area contributed by atoms with E-state index in [2.05, 4.69) is 19.8 Å². The molecule has 1 aromatic rings. The van der Waals surface area contributed by atoms with E-state index in [1.807, 2.05) is 0 Å². The van der Waals surface area contributed by atoms with Crippen molar-refractivity contribution in [3.8, 4) is 0 Å². The smallest absolute Gasteiger partial charge is 0.158 e. The molecule has 1 aliphatic rings. The van der Waals surface area contributed by atoms with Gasteiger partial charge in [0, 0.05) is 39.4 Å². The summed E-state index contributed by atoms with van der Waals surface area (Å²) in [6.45, 7) is 5.04. The molecule has 0 unspecified atom stereocenters. The summed E-state index contributed by atoms with van der Waals surface area (Å²) in [6.07, 6.45) is 1.05. The zero-order valence-electron chi connectivity index (χ0n) is 12.0. The third-order valence-corrected chi connectivity index (χ3v) is 3.38. The monoisotopic (exact) mass is 281 g/mol. The van der Waals surface area contributed by atoms with E-state index in [1.54, 1.807) is 13.2 Å². The van der Waals surface area contributed by atoms with Crippen molar-refractivity contribution in [1.82, 2.24) is 14.9 Å². The van der Waals surface area contributed by atoms with Crippen LogP contribution in [0.2, 0.25) is 0 Å². The van der Waals surface area contributed by atoms with Crippen molar-refractivity contribution in [2.75, 3.05) is 57.1 Å². The van der Waals surface area contributed by atoms with Crippen LogP contribution in [0, 0.1) is 0 Å². The van der Waals surface area contributed by atoms with Gasteiger partial charge in [0.1, 0.15) is 18.2 Å². The molecule has 2 heterocycles. The summed E-state index contributed by atoms with van der Waals surface area (Å²) >= 11 is 0. The third-order valence-electron chi connectivity index (χ3n) is 3.38. The number of nitrogens with zero attached hydrogens (tertiary/aromatic N) is 4. The van der Waals surface area contributed by atoms with Gasteiger partial charge in [0.05, 0.1) is 6.61 Å². The molecule has 0 saturated carbocycles. The van der Waals surface area contributed by atoms with Crippen molar-refractivity contribution in [3.63, 3.8) is 0 Å². The van der Waals surface area contributed by atoms with Crippen LogP contribution in [0.3, 0.4) is 0 Å². The van der Waals surface area contributed by atoms with E-state index in [9.17, 15) is 0 Å². The summed E-state index contributed by atoms with van der Waals surface area (Å²) in [6, 6.07) is 1.81. The van der Waals surface area contributed by atoms with Gasteiger partial charge in [0.2, 0.25) is 0 Å². The van der Waals surface area contributed by atoms with Crippen molar-refractivity contribution in [2.24, 2.45) is 0 Å². The fourth-order valence-electron chi connectivity index (χ4n) is 2.42. The van der Waals surface area contributed by atoms with E-state index >= 15 is 0 Å². The van der Waals surface area contributed by atoms with Crippen LogP contribution in [0.1, 0.15) is 12.2 Å². The van der Waals surface area contributed by atoms with Crippen molar-refractivity contribution in [1.29, 1.82) is 0 Å². The molecule has 112 valence electrons. The van der Waals surface area contributed by atoms with Gasteiger partial charge in [-0.2, -0.15) is 0 Å². The summed E-state index contributed by atoms with van der Waals surface area (Å²) in [4.78, 5) is 13.1. The second kappa shape index (κ2) is 7.37. The Hall–Kier alpha value is -1.44. The van der Waals surface area contributed by atoms with Gasteiger partial charge in [-0.05, 0) is 13.0 Å². The molecule has 2 rings (SSSR count). The fourth-order valence-corrected chi connectivity index (χ4v) is 2.42. The second-order valence-electron chi connectivity index (χ2n) is 4.91. The van der Waals surface area contributed by atoms with Crippen LogP contribution >= 0.6 is 0 Å². The minimum Gasteiger partial charge on any atom is -0.395 e. The van der Waals surface area contributed by atoms with Crippen LogP contribution in [-0.2, 0) is 11.3 Å². The Labute approximate surface area is 119 Å². The first-order valence-electron chi connectivity index (χ1n) is 6.93. The van der Waals surface area contributed by atoms with Crippen LogP contribution < -0.4 is 10.6 Å². The number of aromatic nitrogens is 2. The summed E-state index contributed by atoms with van der Waals surface area (Å²) in [5.74, 6) is 1.94. The Morgan fingerprint density at radius 2 is 2.15 bits per heavy atom. The standard InChI is InChI=1S/C13H23N5O2/c1-20-10-12-15-11(14)9-13(16-12)18-4-2-3-17(5-6-18)7-8-19/h9,19H,2-8,10H2,1H3,(H2,14,15,16). The molecule has 0 spiro atoms. The predicted octanol–water partition coefficient (Wildman–Crippen LogP) is -0.290. The Morgan fingerprint density at radius 3 is 2.90 bits per heavy atom. The number of nitrogens with two attached hydrogens (primary N) is 1. The zero-order valence-corrected chi connectivity index (χ0v) is 12.0. The van der Waals surface area contributed by atoms with Gasteiger partial charge in [0.25, 0.3) is 0 Å². The first-order valence-corrected chi connectivity index (χ1v) is 6.93. The molecule has 1 aromatic heterocycles. The van der Waals surface area contributed by atoms with Crippen LogP contribution in [-0.4, -0.2) is 66.4 Å². The van der Waals surface area contributed by atoms with Gasteiger partial charge in [-0.1, -0.05) is 0 Å². The maximum Gasteiger partial charge on any atom is 0.158 e. The van der Waals surface area contributed by atoms with Gasteiger partial charge in [-0.25, -0.2) is 9.97 Å². The SMILES string of the molecule is COCc1nc(N)cc(N2CCCN(CCO)CC2)n1. The summed E-state index contributed by atoms with van der Waals surface area (Å²) < 4.78 is 5.06. The highest BCUT2D eigenvalue weighted by Crippen LogP contribution is 2.16. The number of hydrogen-bond acceptors (Lipinski definition) is 7. The van der Waals surface area contributed by atoms with Gasteiger partial charge in [-0.3, -0.25) is 4.90 Å². The lowest BCUT2D eigenvalue weighted by Gasteiger charge is -2.22. The number of aliphatic hydroxyl groups is 1. The van der Waals surface area contributed by atoms with Crippen LogP contribution in [0.5, 0.6) is 0 Å². The molecule has 1 aliphatic heterocycles. The average molecular weight is 281 g/mol. The number of hydrogen-bond donors (Lipinski definition) is 2.